The van der Waals surface area contributed by atoms with Gasteiger partial charge in [0.2, 0.25) is 5.91 Å². The molecule has 1 amide bonds. The molecule has 0 radical (unpaired) electrons. The third-order valence-corrected chi connectivity index (χ3v) is 6.06. The summed E-state index contributed by atoms with van der Waals surface area (Å²) in [6.45, 7) is 10.8. The van der Waals surface area contributed by atoms with Gasteiger partial charge in [0.25, 0.3) is 0 Å². The zero-order chi connectivity index (χ0) is 24.0. The molecule has 3 rings (SSSR count). The van der Waals surface area contributed by atoms with Gasteiger partial charge in [0.15, 0.2) is 5.82 Å². The van der Waals surface area contributed by atoms with Gasteiger partial charge in [-0.1, -0.05) is 0 Å². The fourth-order valence-electron chi connectivity index (χ4n) is 4.09. The van der Waals surface area contributed by atoms with Crippen LogP contribution in [0.25, 0.3) is 0 Å². The van der Waals surface area contributed by atoms with Gasteiger partial charge >= 0.3 is 0 Å². The van der Waals surface area contributed by atoms with Gasteiger partial charge in [-0.3, -0.25) is 4.79 Å². The van der Waals surface area contributed by atoms with E-state index >= 15 is 0 Å². The first-order valence-electron chi connectivity index (χ1n) is 11.6. The van der Waals surface area contributed by atoms with E-state index in [1.54, 1.807) is 13.3 Å². The number of nitrogens with one attached hydrogen (secondary N) is 3. The number of hydrogen-bond acceptors (Lipinski definition) is 5. The molecule has 7 nitrogen and oxygen atoms in total. The summed E-state index contributed by atoms with van der Waals surface area (Å²) in [6, 6.07) is 1.77. The van der Waals surface area contributed by atoms with Crippen molar-refractivity contribution in [3.8, 4) is 0 Å². The maximum atomic E-state index is 14.2. The number of ether oxygens (including phenoxy) is 1. The van der Waals surface area contributed by atoms with Crippen molar-refractivity contribution in [2.24, 2.45) is 0 Å². The molecule has 1 unspecified atom stereocenters. The fourth-order valence-corrected chi connectivity index (χ4v) is 4.09. The summed E-state index contributed by atoms with van der Waals surface area (Å²) >= 11 is 0. The van der Waals surface area contributed by atoms with Gasteiger partial charge < -0.3 is 25.3 Å². The minimum absolute atomic E-state index is 0.0579. The first kappa shape index (κ1) is 25.3. The third-order valence-electron chi connectivity index (χ3n) is 6.06. The first-order valence-corrected chi connectivity index (χ1v) is 11.6. The monoisotopic (exact) mass is 463 g/mol. The molecule has 182 valence electrons. The number of carbonyl (C=O) groups excluding carboxylic acids is 1. The molecule has 1 aliphatic rings. The van der Waals surface area contributed by atoms with Crippen LogP contribution in [0.2, 0.25) is 0 Å². The normalized spacial score (nSPS) is 17.0. The Kier molecular flexibility index (Phi) is 8.56. The molecule has 0 bridgehead atoms. The van der Waals surface area contributed by atoms with Crippen molar-refractivity contribution >= 4 is 11.7 Å². The average Bonchev–Trinajstić information content (AvgIpc) is 3.23. The number of hydrogen-bond donors (Lipinski definition) is 3. The van der Waals surface area contributed by atoms with Gasteiger partial charge in [0.05, 0.1) is 24.5 Å². The van der Waals surface area contributed by atoms with Crippen molar-refractivity contribution in [1.82, 2.24) is 20.2 Å². The lowest BCUT2D eigenvalue weighted by molar-refractivity contribution is -0.118. The Bertz CT molecular complexity index is 947. The highest BCUT2D eigenvalue weighted by Gasteiger charge is 2.26. The average molecular weight is 464 g/mol. The van der Waals surface area contributed by atoms with E-state index in [2.05, 4.69) is 34.8 Å². The lowest BCUT2D eigenvalue weighted by atomic mass is 9.87. The Morgan fingerprint density at radius 3 is 2.91 bits per heavy atom. The topological polar surface area (TPSA) is 80.2 Å². The molecule has 1 heterocycles. The third kappa shape index (κ3) is 6.82. The largest absolute Gasteiger partial charge is 0.380 e. The number of anilines is 1. The first-order chi connectivity index (χ1) is 15.7. The van der Waals surface area contributed by atoms with E-state index in [-0.39, 0.29) is 17.5 Å². The van der Waals surface area contributed by atoms with E-state index in [0.717, 1.165) is 19.2 Å². The molecular weight excluding hydrogens is 428 g/mol. The number of amides is 1. The van der Waals surface area contributed by atoms with Gasteiger partial charge in [-0.05, 0) is 64.2 Å². The zero-order valence-corrected chi connectivity index (χ0v) is 19.9. The number of imidazole rings is 1. The second-order valence-electron chi connectivity index (χ2n) is 9.19. The molecular formula is C24H35F2N5O2. The van der Waals surface area contributed by atoms with Crippen molar-refractivity contribution in [1.29, 1.82) is 0 Å². The minimum atomic E-state index is -0.547. The number of aryl methyl sites for hydroxylation is 1. The zero-order valence-electron chi connectivity index (χ0n) is 19.9. The summed E-state index contributed by atoms with van der Waals surface area (Å²) in [4.78, 5) is 17.0. The number of carbonyl (C=O) groups is 1. The summed E-state index contributed by atoms with van der Waals surface area (Å²) < 4.78 is 34.9. The highest BCUT2D eigenvalue weighted by molar-refractivity contribution is 5.93. The summed E-state index contributed by atoms with van der Waals surface area (Å²) in [5, 5.41) is 9.49. The van der Waals surface area contributed by atoms with E-state index < -0.39 is 17.7 Å². The van der Waals surface area contributed by atoms with E-state index in [9.17, 15) is 13.6 Å². The van der Waals surface area contributed by atoms with Crippen LogP contribution in [0.1, 0.15) is 45.2 Å². The molecule has 2 aromatic rings. The molecule has 2 atom stereocenters. The van der Waals surface area contributed by atoms with Crippen LogP contribution in [0, 0.1) is 11.6 Å². The Morgan fingerprint density at radius 2 is 2.15 bits per heavy atom. The summed E-state index contributed by atoms with van der Waals surface area (Å²) in [5.74, 6) is -0.798. The summed E-state index contributed by atoms with van der Waals surface area (Å²) in [7, 11) is 0. The molecule has 33 heavy (non-hydrogen) atoms. The number of nitrogens with zero attached hydrogens (tertiary/aromatic N) is 2. The van der Waals surface area contributed by atoms with Crippen molar-refractivity contribution in [3.63, 3.8) is 0 Å². The molecule has 0 fully saturated rings. The lowest BCUT2D eigenvalue weighted by Crippen LogP contribution is -2.46. The van der Waals surface area contributed by atoms with E-state index in [1.165, 1.54) is 6.07 Å². The van der Waals surface area contributed by atoms with E-state index in [4.69, 9.17) is 4.74 Å². The highest BCUT2D eigenvalue weighted by atomic mass is 19.1. The Morgan fingerprint density at radius 1 is 1.36 bits per heavy atom. The quantitative estimate of drug-likeness (QED) is 0.447. The maximum absolute atomic E-state index is 14.2. The molecule has 1 aromatic carbocycles. The Hall–Kier alpha value is -2.36. The van der Waals surface area contributed by atoms with Crippen molar-refractivity contribution < 1.29 is 18.3 Å². The van der Waals surface area contributed by atoms with Crippen LogP contribution in [0.15, 0.2) is 24.7 Å². The standard InChI is InChI=1S/C24H35F2N5O2/c1-5-33-9-8-27-14-24(3,4)31-13-22(28-15-31)30-23(32)16(2)29-19-7-6-17-10-18(25)11-21(26)20(17)12-19/h10-11,13,15-16,19,27,29H,5-9,12,14H2,1-4H3,(H,30,32)/t16-,19?/m0/s1. The number of aromatic nitrogens is 2. The van der Waals surface area contributed by atoms with Gasteiger partial charge in [-0.15, -0.1) is 0 Å². The van der Waals surface area contributed by atoms with Gasteiger partial charge in [0.1, 0.15) is 11.6 Å². The molecule has 1 aliphatic carbocycles. The van der Waals surface area contributed by atoms with Crippen LogP contribution < -0.4 is 16.0 Å². The number of halogens is 2. The Labute approximate surface area is 194 Å². The van der Waals surface area contributed by atoms with Gasteiger partial charge in [-0.2, -0.15) is 0 Å². The predicted molar refractivity (Wildman–Crippen MR) is 124 cm³/mol. The predicted octanol–water partition coefficient (Wildman–Crippen LogP) is 3.00. The van der Waals surface area contributed by atoms with E-state index in [0.29, 0.717) is 49.4 Å². The number of rotatable bonds is 11. The minimum Gasteiger partial charge on any atom is -0.380 e. The smallest absolute Gasteiger partial charge is 0.242 e. The van der Waals surface area contributed by atoms with Crippen LogP contribution in [-0.2, 0) is 27.9 Å². The molecule has 1 aromatic heterocycles. The number of benzene rings is 1. The van der Waals surface area contributed by atoms with Gasteiger partial charge in [0, 0.05) is 38.0 Å². The van der Waals surface area contributed by atoms with E-state index in [1.807, 2.05) is 17.7 Å². The highest BCUT2D eigenvalue weighted by Crippen LogP contribution is 2.25. The van der Waals surface area contributed by atoms with Crippen molar-refractivity contribution in [2.45, 2.75) is 64.6 Å². The van der Waals surface area contributed by atoms with Crippen LogP contribution in [-0.4, -0.2) is 53.8 Å². The second kappa shape index (κ2) is 11.2. The molecule has 3 N–H and O–H groups in total. The summed E-state index contributed by atoms with van der Waals surface area (Å²) in [5.41, 5.74) is 1.01. The van der Waals surface area contributed by atoms with Gasteiger partial charge in [-0.25, -0.2) is 13.8 Å². The van der Waals surface area contributed by atoms with Crippen LogP contribution >= 0.6 is 0 Å². The molecule has 0 saturated carbocycles. The molecule has 0 aliphatic heterocycles. The Balaban J connectivity index is 1.50. The molecule has 0 saturated heterocycles. The number of fused-ring (bicyclic) bond motifs is 1. The second-order valence-corrected chi connectivity index (χ2v) is 9.19. The fraction of sp³-hybridized carbons (Fsp3) is 0.583. The molecule has 9 heteroatoms. The maximum Gasteiger partial charge on any atom is 0.242 e. The molecule has 0 spiro atoms. The van der Waals surface area contributed by atoms with Crippen molar-refractivity contribution in [3.05, 3.63) is 47.4 Å². The SMILES string of the molecule is CCOCCNCC(C)(C)n1cnc(NC(=O)[C@H](C)NC2CCc3cc(F)cc(F)c3C2)c1. The summed E-state index contributed by atoms with van der Waals surface area (Å²) in [6.07, 6.45) is 5.24. The van der Waals surface area contributed by atoms with Crippen LogP contribution in [0.3, 0.4) is 0 Å². The van der Waals surface area contributed by atoms with Crippen LogP contribution in [0.4, 0.5) is 14.6 Å². The van der Waals surface area contributed by atoms with Crippen LogP contribution in [0.5, 0.6) is 0 Å². The van der Waals surface area contributed by atoms with Crippen molar-refractivity contribution in [2.75, 3.05) is 31.6 Å². The lowest BCUT2D eigenvalue weighted by Gasteiger charge is -2.28.